The molecule has 4 unspecified atom stereocenters. The fourth-order valence-corrected chi connectivity index (χ4v) is 2.45. The Kier molecular flexibility index (Phi) is 4.47. The lowest BCUT2D eigenvalue weighted by atomic mass is 10.1. The van der Waals surface area contributed by atoms with E-state index in [1.807, 2.05) is 19.1 Å². The van der Waals surface area contributed by atoms with Gasteiger partial charge >= 0.3 is 0 Å². The first kappa shape index (κ1) is 12.4. The topological polar surface area (TPSA) is 72.2 Å². The number of amides is 1. The number of nitrogens with one attached hydrogen (secondary N) is 1. The highest BCUT2D eigenvalue weighted by atomic mass is 32.2. The number of nitrogens with two attached hydrogens (primary N) is 1. The van der Waals surface area contributed by atoms with Crippen molar-refractivity contribution in [3.05, 3.63) is 12.2 Å². The van der Waals surface area contributed by atoms with Crippen LogP contribution in [-0.2, 0) is 15.6 Å². The van der Waals surface area contributed by atoms with Crippen LogP contribution in [-0.4, -0.2) is 34.2 Å². The molecule has 3 N–H and O–H groups in total. The van der Waals surface area contributed by atoms with Gasteiger partial charge in [0, 0.05) is 34.9 Å². The summed E-state index contributed by atoms with van der Waals surface area (Å²) in [4.78, 5) is 11.7. The molecule has 4 nitrogen and oxygen atoms in total. The van der Waals surface area contributed by atoms with Crippen molar-refractivity contribution in [2.24, 2.45) is 11.7 Å². The minimum absolute atomic E-state index is 0.00337. The number of carbonyl (C=O) groups is 1. The van der Waals surface area contributed by atoms with Gasteiger partial charge in [0.05, 0.1) is 5.92 Å². The van der Waals surface area contributed by atoms with Crippen molar-refractivity contribution in [1.82, 2.24) is 5.32 Å². The van der Waals surface area contributed by atoms with Gasteiger partial charge in [0.1, 0.15) is 0 Å². The molecule has 1 aliphatic carbocycles. The van der Waals surface area contributed by atoms with Crippen molar-refractivity contribution in [3.63, 3.8) is 0 Å². The van der Waals surface area contributed by atoms with Crippen molar-refractivity contribution in [1.29, 1.82) is 0 Å². The van der Waals surface area contributed by atoms with E-state index in [2.05, 4.69) is 5.32 Å². The van der Waals surface area contributed by atoms with Gasteiger partial charge in [-0.15, -0.1) is 0 Å². The molecule has 0 saturated heterocycles. The van der Waals surface area contributed by atoms with Crippen LogP contribution in [0.25, 0.3) is 0 Å². The summed E-state index contributed by atoms with van der Waals surface area (Å²) in [6, 6.07) is -0.0510. The summed E-state index contributed by atoms with van der Waals surface area (Å²) in [5, 5.41) is 2.83. The summed E-state index contributed by atoms with van der Waals surface area (Å²) < 4.78 is 10.9. The zero-order valence-corrected chi connectivity index (χ0v) is 9.92. The first-order valence-corrected chi connectivity index (χ1v) is 6.76. The molecular weight excluding hydrogens is 212 g/mol. The third-order valence-electron chi connectivity index (χ3n) is 2.33. The average molecular weight is 230 g/mol. The second-order valence-corrected chi connectivity index (χ2v) is 5.52. The molecule has 0 aromatic carbocycles. The van der Waals surface area contributed by atoms with Crippen molar-refractivity contribution in [2.45, 2.75) is 25.4 Å². The SMILES string of the molecule is CC(CS(C)=O)NC(=O)C1C=CC(N)C1. The van der Waals surface area contributed by atoms with Gasteiger partial charge in [-0.1, -0.05) is 12.2 Å². The van der Waals surface area contributed by atoms with Crippen LogP contribution < -0.4 is 11.1 Å². The summed E-state index contributed by atoms with van der Waals surface area (Å²) in [5.41, 5.74) is 5.66. The molecule has 0 saturated carbocycles. The molecule has 5 heteroatoms. The predicted octanol–water partition coefficient (Wildman–Crippen LogP) is -0.227. The van der Waals surface area contributed by atoms with Crippen molar-refractivity contribution < 1.29 is 9.00 Å². The van der Waals surface area contributed by atoms with E-state index in [9.17, 15) is 9.00 Å². The Morgan fingerprint density at radius 2 is 2.33 bits per heavy atom. The smallest absolute Gasteiger partial charge is 0.227 e. The van der Waals surface area contributed by atoms with Gasteiger partial charge < -0.3 is 11.1 Å². The highest BCUT2D eigenvalue weighted by molar-refractivity contribution is 7.84. The molecule has 0 spiro atoms. The van der Waals surface area contributed by atoms with Crippen molar-refractivity contribution in [2.75, 3.05) is 12.0 Å². The molecule has 86 valence electrons. The minimum atomic E-state index is -0.878. The van der Waals surface area contributed by atoms with Gasteiger partial charge in [-0.2, -0.15) is 0 Å². The van der Waals surface area contributed by atoms with Crippen LogP contribution in [0.3, 0.4) is 0 Å². The Hall–Kier alpha value is -0.680. The number of carbonyl (C=O) groups excluding carboxylic acids is 1. The lowest BCUT2D eigenvalue weighted by Crippen LogP contribution is -2.39. The Bertz CT molecular complexity index is 291. The van der Waals surface area contributed by atoms with E-state index in [-0.39, 0.29) is 23.9 Å². The van der Waals surface area contributed by atoms with Gasteiger partial charge in [-0.05, 0) is 13.3 Å². The van der Waals surface area contributed by atoms with E-state index in [0.717, 1.165) is 0 Å². The molecule has 1 rings (SSSR count). The zero-order chi connectivity index (χ0) is 11.4. The fourth-order valence-electron chi connectivity index (χ4n) is 1.67. The summed E-state index contributed by atoms with van der Waals surface area (Å²) >= 11 is 0. The van der Waals surface area contributed by atoms with Crippen LogP contribution in [0.2, 0.25) is 0 Å². The first-order valence-electron chi connectivity index (χ1n) is 5.03. The van der Waals surface area contributed by atoms with Gasteiger partial charge in [0.25, 0.3) is 0 Å². The maximum Gasteiger partial charge on any atom is 0.227 e. The monoisotopic (exact) mass is 230 g/mol. The van der Waals surface area contributed by atoms with Crippen LogP contribution in [0.5, 0.6) is 0 Å². The van der Waals surface area contributed by atoms with Crippen LogP contribution in [0.15, 0.2) is 12.2 Å². The average Bonchev–Trinajstić information content (AvgIpc) is 2.49. The van der Waals surface area contributed by atoms with E-state index in [1.165, 1.54) is 0 Å². The molecule has 0 heterocycles. The Morgan fingerprint density at radius 1 is 1.67 bits per heavy atom. The van der Waals surface area contributed by atoms with Crippen LogP contribution >= 0.6 is 0 Å². The van der Waals surface area contributed by atoms with Crippen LogP contribution in [0.4, 0.5) is 0 Å². The fraction of sp³-hybridized carbons (Fsp3) is 0.700. The summed E-state index contributed by atoms with van der Waals surface area (Å²) in [7, 11) is -0.878. The van der Waals surface area contributed by atoms with E-state index in [1.54, 1.807) is 6.26 Å². The molecule has 0 radical (unpaired) electrons. The van der Waals surface area contributed by atoms with Crippen LogP contribution in [0.1, 0.15) is 13.3 Å². The molecule has 0 bridgehead atoms. The van der Waals surface area contributed by atoms with Gasteiger partial charge in [-0.3, -0.25) is 9.00 Å². The second-order valence-electron chi connectivity index (χ2n) is 4.04. The van der Waals surface area contributed by atoms with E-state index in [4.69, 9.17) is 5.73 Å². The molecule has 0 aromatic heterocycles. The molecule has 0 aliphatic heterocycles. The maximum atomic E-state index is 11.7. The number of hydrogen-bond donors (Lipinski definition) is 2. The first-order chi connectivity index (χ1) is 6.99. The minimum Gasteiger partial charge on any atom is -0.352 e. The maximum absolute atomic E-state index is 11.7. The molecule has 4 atom stereocenters. The Labute approximate surface area is 92.8 Å². The highest BCUT2D eigenvalue weighted by Gasteiger charge is 2.23. The molecule has 15 heavy (non-hydrogen) atoms. The lowest BCUT2D eigenvalue weighted by Gasteiger charge is -2.15. The Balaban J connectivity index is 2.36. The van der Waals surface area contributed by atoms with E-state index in [0.29, 0.717) is 12.2 Å². The summed E-state index contributed by atoms with van der Waals surface area (Å²) in [6.07, 6.45) is 6.00. The number of hydrogen-bond acceptors (Lipinski definition) is 3. The second kappa shape index (κ2) is 5.42. The van der Waals surface area contributed by atoms with Crippen molar-refractivity contribution in [3.8, 4) is 0 Å². The van der Waals surface area contributed by atoms with E-state index >= 15 is 0 Å². The third-order valence-corrected chi connectivity index (χ3v) is 3.30. The zero-order valence-electron chi connectivity index (χ0n) is 9.10. The van der Waals surface area contributed by atoms with E-state index < -0.39 is 10.8 Å². The van der Waals surface area contributed by atoms with Crippen molar-refractivity contribution >= 4 is 16.7 Å². The molecule has 0 aromatic rings. The summed E-state index contributed by atoms with van der Waals surface area (Å²) in [5.74, 6) is 0.360. The van der Waals surface area contributed by atoms with Gasteiger partial charge in [-0.25, -0.2) is 0 Å². The normalized spacial score (nSPS) is 28.7. The molecule has 1 amide bonds. The van der Waals surface area contributed by atoms with Gasteiger partial charge in [0.15, 0.2) is 0 Å². The lowest BCUT2D eigenvalue weighted by molar-refractivity contribution is -0.124. The molecule has 0 fully saturated rings. The molecule has 1 aliphatic rings. The highest BCUT2D eigenvalue weighted by Crippen LogP contribution is 2.16. The standard InChI is InChI=1S/C10H18N2O2S/c1-7(6-15(2)14)12-10(13)8-3-4-9(11)5-8/h3-4,7-9H,5-6,11H2,1-2H3,(H,12,13). The summed E-state index contributed by atoms with van der Waals surface area (Å²) in [6.45, 7) is 1.86. The third kappa shape index (κ3) is 4.13. The number of rotatable bonds is 4. The quantitative estimate of drug-likeness (QED) is 0.655. The predicted molar refractivity (Wildman–Crippen MR) is 61.8 cm³/mol. The Morgan fingerprint density at radius 3 is 2.80 bits per heavy atom. The van der Waals surface area contributed by atoms with Gasteiger partial charge in [0.2, 0.25) is 5.91 Å². The molecular formula is C10H18N2O2S. The van der Waals surface area contributed by atoms with Crippen LogP contribution in [0, 0.1) is 5.92 Å². The largest absolute Gasteiger partial charge is 0.352 e.